The van der Waals surface area contributed by atoms with Gasteiger partial charge in [-0.15, -0.1) is 0 Å². The molecule has 0 unspecified atom stereocenters. The third-order valence-electron chi connectivity index (χ3n) is 6.19. The molecule has 122 valence electrons. The van der Waals surface area contributed by atoms with Crippen LogP contribution in [0, 0.1) is 0 Å². The number of hydrogen-bond donors (Lipinski definition) is 0. The van der Waals surface area contributed by atoms with E-state index in [1.807, 2.05) is 0 Å². The molecule has 0 saturated heterocycles. The van der Waals surface area contributed by atoms with E-state index in [-0.39, 0.29) is 0 Å². The van der Waals surface area contributed by atoms with E-state index < -0.39 is 36.5 Å². The molecule has 0 bridgehead atoms. The summed E-state index contributed by atoms with van der Waals surface area (Å²) in [4.78, 5) is 0. The summed E-state index contributed by atoms with van der Waals surface area (Å²) < 4.78 is 0. The van der Waals surface area contributed by atoms with Crippen molar-refractivity contribution in [2.24, 2.45) is 0 Å². The Bertz CT molecular complexity index is 308. The maximum atomic E-state index is 2.80. The zero-order valence-corrected chi connectivity index (χ0v) is 22.0. The van der Waals surface area contributed by atoms with E-state index in [0.717, 1.165) is 0 Å². The van der Waals surface area contributed by atoms with Gasteiger partial charge >= 0.3 is 0 Å². The highest BCUT2D eigenvalue weighted by molar-refractivity contribution is 8.06. The second-order valence-electron chi connectivity index (χ2n) is 11.4. The molecule has 0 aliphatic heterocycles. The van der Waals surface area contributed by atoms with Crippen LogP contribution in [0.4, 0.5) is 0 Å². The summed E-state index contributed by atoms with van der Waals surface area (Å²) in [5.74, 6) is 0. The second-order valence-corrected chi connectivity index (χ2v) is 66.4. The number of hydrogen-bond acceptors (Lipinski definition) is 0. The SMILES string of the molecule is CC(C)(C)[Si](C)(C)[Si]([Si](C)(C)C)([Si](C)(C)C)[Si](C)(C)C. The highest BCUT2D eigenvalue weighted by Gasteiger charge is 2.70. The third-order valence-corrected chi connectivity index (χ3v) is 124. The fourth-order valence-electron chi connectivity index (χ4n) is 6.75. The summed E-state index contributed by atoms with van der Waals surface area (Å²) in [6.45, 7) is 38.0. The first-order valence-corrected chi connectivity index (χ1v) is 27.8. The van der Waals surface area contributed by atoms with Crippen LogP contribution in [0.1, 0.15) is 20.8 Å². The predicted octanol–water partition coefficient (Wildman–Crippen LogP) is 6.27. The molecule has 0 saturated carbocycles. The van der Waals surface area contributed by atoms with Crippen molar-refractivity contribution in [2.75, 3.05) is 0 Å². The minimum Gasteiger partial charge on any atom is -0.0720 e. The van der Waals surface area contributed by atoms with E-state index in [0.29, 0.717) is 5.04 Å². The normalized spacial score (nSPS) is 16.5. The maximum Gasteiger partial charge on any atom is 0.0398 e. The largest absolute Gasteiger partial charge is 0.0720 e. The lowest BCUT2D eigenvalue weighted by molar-refractivity contribution is 0.734. The molecular weight excluding hydrogens is 321 g/mol. The molecule has 5 heteroatoms. The van der Waals surface area contributed by atoms with E-state index in [4.69, 9.17) is 0 Å². The second kappa shape index (κ2) is 5.32. The van der Waals surface area contributed by atoms with Gasteiger partial charge in [-0.25, -0.2) is 0 Å². The van der Waals surface area contributed by atoms with E-state index in [1.54, 1.807) is 0 Å². The predicted molar refractivity (Wildman–Crippen MR) is 113 cm³/mol. The van der Waals surface area contributed by atoms with Crippen molar-refractivity contribution >= 4 is 36.5 Å². The summed E-state index contributed by atoms with van der Waals surface area (Å²) >= 11 is 0. The average molecular weight is 363 g/mol. The molecular formula is C15H42Si5. The Morgan fingerprint density at radius 2 is 0.650 bits per heavy atom. The van der Waals surface area contributed by atoms with Crippen molar-refractivity contribution in [2.45, 2.75) is 97.8 Å². The Hall–Kier alpha value is 1.08. The molecule has 20 heavy (non-hydrogen) atoms. The fraction of sp³-hybridized carbons (Fsp3) is 1.00. The number of rotatable bonds is 4. The van der Waals surface area contributed by atoms with Gasteiger partial charge < -0.3 is 0 Å². The first-order chi connectivity index (χ1) is 8.25. The van der Waals surface area contributed by atoms with E-state index in [1.165, 1.54) is 0 Å². The lowest BCUT2D eigenvalue weighted by Gasteiger charge is -2.67. The van der Waals surface area contributed by atoms with Gasteiger partial charge in [-0.1, -0.05) is 92.8 Å². The van der Waals surface area contributed by atoms with Crippen LogP contribution in [-0.2, 0) is 0 Å². The Balaban J connectivity index is 6.83. The molecule has 0 atom stereocenters. The summed E-state index contributed by atoms with van der Waals surface area (Å²) in [6.07, 6.45) is -1.21. The van der Waals surface area contributed by atoms with Gasteiger partial charge in [0.1, 0.15) is 0 Å². The molecule has 0 N–H and O–H groups in total. The topological polar surface area (TPSA) is 0 Å². The van der Waals surface area contributed by atoms with Crippen molar-refractivity contribution < 1.29 is 0 Å². The Morgan fingerprint density at radius 3 is 0.700 bits per heavy atom. The summed E-state index contributed by atoms with van der Waals surface area (Å²) in [6, 6.07) is 0. The van der Waals surface area contributed by atoms with Crippen molar-refractivity contribution in [3.63, 3.8) is 0 Å². The minimum absolute atomic E-state index is 0.556. The van der Waals surface area contributed by atoms with Gasteiger partial charge in [0, 0.05) is 36.5 Å². The first-order valence-electron chi connectivity index (χ1n) is 8.25. The lowest BCUT2D eigenvalue weighted by atomic mass is 10.2. The van der Waals surface area contributed by atoms with Crippen LogP contribution in [-0.4, -0.2) is 36.5 Å². The van der Waals surface area contributed by atoms with Gasteiger partial charge in [0.2, 0.25) is 0 Å². The van der Waals surface area contributed by atoms with Crippen LogP contribution < -0.4 is 0 Å². The van der Waals surface area contributed by atoms with E-state index in [2.05, 4.69) is 92.8 Å². The summed E-state index contributed by atoms with van der Waals surface area (Å²) in [5.41, 5.74) is 0. The minimum atomic E-state index is -1.27. The van der Waals surface area contributed by atoms with Crippen molar-refractivity contribution in [3.8, 4) is 0 Å². The Labute approximate surface area is 134 Å². The van der Waals surface area contributed by atoms with Gasteiger partial charge in [0.15, 0.2) is 0 Å². The first kappa shape index (κ1) is 21.1. The molecule has 0 aromatic carbocycles. The molecule has 0 amide bonds. The quantitative estimate of drug-likeness (QED) is 0.517. The molecule has 0 radical (unpaired) electrons. The Kier molecular flexibility index (Phi) is 5.61. The van der Waals surface area contributed by atoms with Gasteiger partial charge in [-0.3, -0.25) is 0 Å². The molecule has 0 fully saturated rings. The lowest BCUT2D eigenvalue weighted by Crippen LogP contribution is -2.93. The molecule has 0 rings (SSSR count). The highest BCUT2D eigenvalue weighted by atomic mass is 30.2. The van der Waals surface area contributed by atoms with Crippen LogP contribution in [0.2, 0.25) is 77.1 Å². The average Bonchev–Trinajstić information content (AvgIpc) is 1.89. The smallest absolute Gasteiger partial charge is 0.0398 e. The molecule has 0 aromatic heterocycles. The molecule has 0 spiro atoms. The molecule has 0 nitrogen and oxygen atoms in total. The fourth-order valence-corrected chi connectivity index (χ4v) is 182. The maximum absolute atomic E-state index is 2.80. The highest BCUT2D eigenvalue weighted by Crippen LogP contribution is 2.51. The van der Waals surface area contributed by atoms with Crippen LogP contribution in [0.15, 0.2) is 0 Å². The van der Waals surface area contributed by atoms with Gasteiger partial charge in [0.05, 0.1) is 0 Å². The van der Waals surface area contributed by atoms with E-state index >= 15 is 0 Å². The van der Waals surface area contributed by atoms with Crippen LogP contribution in [0.25, 0.3) is 0 Å². The molecule has 0 heterocycles. The Morgan fingerprint density at radius 1 is 0.450 bits per heavy atom. The van der Waals surface area contributed by atoms with Crippen LogP contribution in [0.3, 0.4) is 0 Å². The van der Waals surface area contributed by atoms with Gasteiger partial charge in [-0.05, 0) is 5.04 Å². The molecule has 0 aliphatic rings. The standard InChI is InChI=1S/C15H42Si5/c1-15(2,3)19(13,14)20(16(4,5)6,17(7,8)9)18(10,11)12/h1-14H3. The van der Waals surface area contributed by atoms with Crippen molar-refractivity contribution in [1.82, 2.24) is 0 Å². The van der Waals surface area contributed by atoms with Gasteiger partial charge in [0.25, 0.3) is 0 Å². The van der Waals surface area contributed by atoms with Gasteiger partial charge in [-0.2, -0.15) is 0 Å². The van der Waals surface area contributed by atoms with Crippen molar-refractivity contribution in [3.05, 3.63) is 0 Å². The zero-order valence-electron chi connectivity index (χ0n) is 17.0. The molecule has 0 aliphatic carbocycles. The summed E-state index contributed by atoms with van der Waals surface area (Å²) in [7, 11) is -4.65. The molecule has 0 aromatic rings. The van der Waals surface area contributed by atoms with Crippen LogP contribution in [0.5, 0.6) is 0 Å². The van der Waals surface area contributed by atoms with Crippen LogP contribution >= 0.6 is 0 Å². The third kappa shape index (κ3) is 2.94. The van der Waals surface area contributed by atoms with Crippen molar-refractivity contribution in [1.29, 1.82) is 0 Å². The summed E-state index contributed by atoms with van der Waals surface area (Å²) in [5, 5.41) is 0.556. The monoisotopic (exact) mass is 362 g/mol. The zero-order chi connectivity index (χ0) is 17.0. The van der Waals surface area contributed by atoms with E-state index in [9.17, 15) is 0 Å².